The number of carbonyl (C=O) groups excluding carboxylic acids is 2. The van der Waals surface area contributed by atoms with E-state index < -0.39 is 5.60 Å². The number of carbonyl (C=O) groups is 2. The lowest BCUT2D eigenvalue weighted by Crippen LogP contribution is -2.44. The molecule has 2 fully saturated rings. The average molecular weight is 384 g/mol. The van der Waals surface area contributed by atoms with Crippen LogP contribution in [0.25, 0.3) is 0 Å². The number of anilines is 1. The minimum Gasteiger partial charge on any atom is -0.394 e. The summed E-state index contributed by atoms with van der Waals surface area (Å²) in [5.74, 6) is -0.0843. The molecule has 1 aromatic carbocycles. The highest BCUT2D eigenvalue weighted by molar-refractivity contribution is 6.07. The van der Waals surface area contributed by atoms with Gasteiger partial charge in [0.05, 0.1) is 30.9 Å². The van der Waals surface area contributed by atoms with Gasteiger partial charge >= 0.3 is 0 Å². The molecule has 28 heavy (non-hydrogen) atoms. The highest BCUT2D eigenvalue weighted by Crippen LogP contribution is 2.53. The van der Waals surface area contributed by atoms with E-state index in [2.05, 4.69) is 6.58 Å². The van der Waals surface area contributed by atoms with Gasteiger partial charge in [0, 0.05) is 24.6 Å². The molecule has 3 aliphatic heterocycles. The van der Waals surface area contributed by atoms with Gasteiger partial charge < -0.3 is 19.6 Å². The Morgan fingerprint density at radius 3 is 2.96 bits per heavy atom. The largest absolute Gasteiger partial charge is 0.394 e. The Bertz CT molecular complexity index is 794. The van der Waals surface area contributed by atoms with E-state index in [1.54, 1.807) is 15.9 Å². The molecule has 2 saturated heterocycles. The molecule has 0 bridgehead atoms. The monoisotopic (exact) mass is 384 g/mol. The summed E-state index contributed by atoms with van der Waals surface area (Å²) in [6.07, 6.45) is 4.09. The fourth-order valence-corrected chi connectivity index (χ4v) is 5.13. The predicted octanol–water partition coefficient (Wildman–Crippen LogP) is 2.21. The molecular formula is C22H28N2O4. The molecule has 3 aliphatic rings. The molecule has 0 aromatic heterocycles. The second kappa shape index (κ2) is 7.33. The maximum absolute atomic E-state index is 13.4. The Morgan fingerprint density at radius 1 is 1.43 bits per heavy atom. The standard InChI is InChI=1S/C22H28N2O4/c1-3-10-24-19-9-5-4-8-18(19)22(21(24)27)15(2)12-17(28-22)13-20(26)23-11-6-7-16(23)14-25/h3-5,8-9,15-17,25H,1,6-7,10-14H2,2H3/t15-,16-,17-,22+/m0/s1. The summed E-state index contributed by atoms with van der Waals surface area (Å²) in [5.41, 5.74) is 0.733. The van der Waals surface area contributed by atoms with Crippen LogP contribution in [0.15, 0.2) is 36.9 Å². The lowest BCUT2D eigenvalue weighted by molar-refractivity contribution is -0.149. The van der Waals surface area contributed by atoms with Gasteiger partial charge in [-0.15, -0.1) is 6.58 Å². The van der Waals surface area contributed by atoms with E-state index in [0.29, 0.717) is 19.5 Å². The number of fused-ring (bicyclic) bond motifs is 2. The maximum atomic E-state index is 13.4. The molecule has 1 spiro atoms. The summed E-state index contributed by atoms with van der Waals surface area (Å²) in [4.78, 5) is 29.7. The molecule has 6 nitrogen and oxygen atoms in total. The van der Waals surface area contributed by atoms with Crippen LogP contribution in [0.4, 0.5) is 5.69 Å². The van der Waals surface area contributed by atoms with Crippen LogP contribution in [-0.4, -0.2) is 53.7 Å². The summed E-state index contributed by atoms with van der Waals surface area (Å²) in [5, 5.41) is 9.50. The number of aliphatic hydroxyl groups excluding tert-OH is 1. The summed E-state index contributed by atoms with van der Waals surface area (Å²) in [6.45, 7) is 6.93. The summed E-state index contributed by atoms with van der Waals surface area (Å²) in [6, 6.07) is 7.66. The first-order valence-electron chi connectivity index (χ1n) is 10.1. The van der Waals surface area contributed by atoms with Gasteiger partial charge in [-0.05, 0) is 25.3 Å². The first kappa shape index (κ1) is 19.2. The Balaban J connectivity index is 1.57. The van der Waals surface area contributed by atoms with Gasteiger partial charge in [-0.2, -0.15) is 0 Å². The van der Waals surface area contributed by atoms with E-state index >= 15 is 0 Å². The van der Waals surface area contributed by atoms with Gasteiger partial charge in [-0.3, -0.25) is 9.59 Å². The van der Waals surface area contributed by atoms with Crippen molar-refractivity contribution < 1.29 is 19.4 Å². The Morgan fingerprint density at radius 2 is 2.21 bits per heavy atom. The van der Waals surface area contributed by atoms with E-state index in [0.717, 1.165) is 24.1 Å². The van der Waals surface area contributed by atoms with Crippen molar-refractivity contribution in [2.24, 2.45) is 5.92 Å². The van der Waals surface area contributed by atoms with Crippen molar-refractivity contribution in [2.75, 3.05) is 24.6 Å². The zero-order valence-corrected chi connectivity index (χ0v) is 16.3. The third-order valence-corrected chi connectivity index (χ3v) is 6.44. The molecule has 2 amide bonds. The first-order valence-corrected chi connectivity index (χ1v) is 10.1. The van der Waals surface area contributed by atoms with Gasteiger partial charge in [0.15, 0.2) is 5.60 Å². The first-order chi connectivity index (χ1) is 13.5. The number of hydrogen-bond donors (Lipinski definition) is 1. The Labute approximate surface area is 165 Å². The van der Waals surface area contributed by atoms with Crippen LogP contribution >= 0.6 is 0 Å². The minimum absolute atomic E-state index is 0.0000212. The third-order valence-electron chi connectivity index (χ3n) is 6.44. The van der Waals surface area contributed by atoms with Crippen LogP contribution in [-0.2, 0) is 19.9 Å². The second-order valence-corrected chi connectivity index (χ2v) is 8.10. The van der Waals surface area contributed by atoms with Crippen molar-refractivity contribution >= 4 is 17.5 Å². The number of ether oxygens (including phenoxy) is 1. The van der Waals surface area contributed by atoms with Gasteiger partial charge in [-0.1, -0.05) is 31.2 Å². The normalized spacial score (nSPS) is 31.6. The fourth-order valence-electron chi connectivity index (χ4n) is 5.13. The molecule has 0 unspecified atom stereocenters. The lowest BCUT2D eigenvalue weighted by atomic mass is 9.83. The van der Waals surface area contributed by atoms with Crippen molar-refractivity contribution in [1.29, 1.82) is 0 Å². The van der Waals surface area contributed by atoms with Gasteiger partial charge in [0.2, 0.25) is 5.91 Å². The number of benzene rings is 1. The van der Waals surface area contributed by atoms with Crippen LogP contribution in [0.1, 0.15) is 38.2 Å². The van der Waals surface area contributed by atoms with Crippen LogP contribution in [0.5, 0.6) is 0 Å². The Kier molecular flexibility index (Phi) is 5.02. The van der Waals surface area contributed by atoms with Crippen LogP contribution in [0, 0.1) is 5.92 Å². The smallest absolute Gasteiger partial charge is 0.264 e. The zero-order valence-electron chi connectivity index (χ0n) is 16.3. The van der Waals surface area contributed by atoms with Crippen molar-refractivity contribution in [3.8, 4) is 0 Å². The quantitative estimate of drug-likeness (QED) is 0.791. The number of rotatable bonds is 5. The number of hydrogen-bond acceptors (Lipinski definition) is 4. The molecule has 3 heterocycles. The SMILES string of the molecule is C=CCN1C(=O)[C@]2(O[C@H](CC(=O)N3CCC[C@H]3CO)C[C@@H]2C)c2ccccc21. The Hall–Kier alpha value is -2.18. The van der Waals surface area contributed by atoms with E-state index in [1.807, 2.05) is 31.2 Å². The fraction of sp³-hybridized carbons (Fsp3) is 0.545. The van der Waals surface area contributed by atoms with Crippen molar-refractivity contribution in [3.63, 3.8) is 0 Å². The summed E-state index contributed by atoms with van der Waals surface area (Å²) >= 11 is 0. The lowest BCUT2D eigenvalue weighted by Gasteiger charge is -2.28. The van der Waals surface area contributed by atoms with Gasteiger partial charge in [-0.25, -0.2) is 0 Å². The number of para-hydroxylation sites is 1. The second-order valence-electron chi connectivity index (χ2n) is 8.10. The molecule has 4 rings (SSSR count). The summed E-state index contributed by atoms with van der Waals surface area (Å²) < 4.78 is 6.40. The zero-order chi connectivity index (χ0) is 19.9. The molecule has 0 saturated carbocycles. The van der Waals surface area contributed by atoms with Gasteiger partial charge in [0.1, 0.15) is 0 Å². The molecule has 1 aromatic rings. The van der Waals surface area contributed by atoms with Crippen molar-refractivity contribution in [1.82, 2.24) is 4.90 Å². The van der Waals surface area contributed by atoms with Crippen LogP contribution in [0.3, 0.4) is 0 Å². The third kappa shape index (κ3) is 2.78. The van der Waals surface area contributed by atoms with E-state index in [-0.39, 0.29) is 42.9 Å². The molecule has 0 aliphatic carbocycles. The maximum Gasteiger partial charge on any atom is 0.264 e. The average Bonchev–Trinajstić information content (AvgIpc) is 3.35. The van der Waals surface area contributed by atoms with E-state index in [4.69, 9.17) is 4.74 Å². The highest BCUT2D eigenvalue weighted by Gasteiger charge is 2.60. The molecule has 1 N–H and O–H groups in total. The van der Waals surface area contributed by atoms with E-state index in [1.165, 1.54) is 0 Å². The predicted molar refractivity (Wildman–Crippen MR) is 106 cm³/mol. The topological polar surface area (TPSA) is 70.1 Å². The minimum atomic E-state index is -1.02. The molecule has 6 heteroatoms. The number of amides is 2. The van der Waals surface area contributed by atoms with Crippen LogP contribution < -0.4 is 4.90 Å². The van der Waals surface area contributed by atoms with Crippen molar-refractivity contribution in [3.05, 3.63) is 42.5 Å². The number of aliphatic hydroxyl groups is 1. The molecular weight excluding hydrogens is 356 g/mol. The number of nitrogens with zero attached hydrogens (tertiary/aromatic N) is 2. The van der Waals surface area contributed by atoms with Crippen LogP contribution in [0.2, 0.25) is 0 Å². The molecule has 0 radical (unpaired) electrons. The van der Waals surface area contributed by atoms with E-state index in [9.17, 15) is 14.7 Å². The van der Waals surface area contributed by atoms with Crippen molar-refractivity contribution in [2.45, 2.75) is 50.4 Å². The molecule has 4 atom stereocenters. The molecule has 150 valence electrons. The highest BCUT2D eigenvalue weighted by atomic mass is 16.5. The summed E-state index contributed by atoms with van der Waals surface area (Å²) in [7, 11) is 0. The van der Waals surface area contributed by atoms with Gasteiger partial charge in [0.25, 0.3) is 5.91 Å². The number of likely N-dealkylation sites (tertiary alicyclic amines) is 1.